The molecule has 1 aliphatic heterocycles. The van der Waals surface area contributed by atoms with E-state index in [4.69, 9.17) is 0 Å². The molecule has 2 N–H and O–H groups in total. The highest BCUT2D eigenvalue weighted by Crippen LogP contribution is 2.60. The average Bonchev–Trinajstić information content (AvgIpc) is 3.21. The average molecular weight is 439 g/mol. The molecule has 2 aliphatic rings. The number of aromatic carboxylic acids is 1. The molecule has 0 bridgehead atoms. The molecule has 1 spiro atoms. The molecule has 4 nitrogen and oxygen atoms in total. The van der Waals surface area contributed by atoms with E-state index in [0.29, 0.717) is 6.42 Å². The predicted octanol–water partition coefficient (Wildman–Crippen LogP) is 6.24. The summed E-state index contributed by atoms with van der Waals surface area (Å²) in [4.78, 5) is 17.0. The number of carboxylic acids is 1. The summed E-state index contributed by atoms with van der Waals surface area (Å²) in [6.45, 7) is 5.71. The number of benzene rings is 2. The Morgan fingerprint density at radius 3 is 2.53 bits per heavy atom. The van der Waals surface area contributed by atoms with Crippen molar-refractivity contribution in [2.45, 2.75) is 58.0 Å². The minimum absolute atomic E-state index is 0.0163. The fraction of sp³-hybridized carbons (Fsp3) is 0.423. The highest BCUT2D eigenvalue weighted by molar-refractivity contribution is 5.88. The Kier molecular flexibility index (Phi) is 4.89. The van der Waals surface area contributed by atoms with Crippen LogP contribution in [0, 0.1) is 19.3 Å². The Morgan fingerprint density at radius 1 is 1.16 bits per heavy atom. The Hall–Kier alpha value is -2.73. The van der Waals surface area contributed by atoms with Gasteiger partial charge in [0.15, 0.2) is 0 Å². The number of carboxylic acid groups (broad SMARTS) is 1. The van der Waals surface area contributed by atoms with Crippen LogP contribution >= 0.6 is 0 Å². The number of alkyl halides is 2. The molecular weight excluding hydrogens is 410 g/mol. The van der Waals surface area contributed by atoms with Crippen molar-refractivity contribution >= 4 is 16.9 Å². The van der Waals surface area contributed by atoms with Crippen molar-refractivity contribution in [1.82, 2.24) is 9.88 Å². The first kappa shape index (κ1) is 21.1. The second kappa shape index (κ2) is 7.41. The molecule has 168 valence electrons. The minimum Gasteiger partial charge on any atom is -0.478 e. The van der Waals surface area contributed by atoms with Gasteiger partial charge in [-0.15, -0.1) is 0 Å². The van der Waals surface area contributed by atoms with Gasteiger partial charge in [-0.3, -0.25) is 4.90 Å². The minimum atomic E-state index is -2.55. The molecule has 1 atom stereocenters. The molecule has 1 saturated heterocycles. The summed E-state index contributed by atoms with van der Waals surface area (Å²) in [5.41, 5.74) is 5.76. The number of aromatic nitrogens is 1. The molecule has 0 amide bonds. The summed E-state index contributed by atoms with van der Waals surface area (Å²) < 4.78 is 27.7. The van der Waals surface area contributed by atoms with Gasteiger partial charge in [-0.25, -0.2) is 13.6 Å². The van der Waals surface area contributed by atoms with Gasteiger partial charge in [-0.05, 0) is 79.1 Å². The van der Waals surface area contributed by atoms with Crippen molar-refractivity contribution < 1.29 is 18.7 Å². The van der Waals surface area contributed by atoms with Crippen LogP contribution < -0.4 is 0 Å². The molecule has 2 fully saturated rings. The highest BCUT2D eigenvalue weighted by atomic mass is 19.3. The van der Waals surface area contributed by atoms with Crippen LogP contribution in [-0.2, 0) is 6.54 Å². The molecule has 2 aromatic carbocycles. The molecule has 1 saturated carbocycles. The van der Waals surface area contributed by atoms with Gasteiger partial charge in [0.1, 0.15) is 0 Å². The van der Waals surface area contributed by atoms with Crippen molar-refractivity contribution in [3.05, 3.63) is 70.4 Å². The van der Waals surface area contributed by atoms with E-state index in [1.165, 1.54) is 22.1 Å². The maximum absolute atomic E-state index is 13.8. The second-order valence-corrected chi connectivity index (χ2v) is 9.83. The van der Waals surface area contributed by atoms with Gasteiger partial charge in [-0.1, -0.05) is 18.2 Å². The Labute approximate surface area is 186 Å². The molecule has 2 heterocycles. The van der Waals surface area contributed by atoms with Gasteiger partial charge < -0.3 is 10.1 Å². The molecule has 5 rings (SSSR count). The largest absolute Gasteiger partial charge is 0.478 e. The number of aromatic amines is 1. The SMILES string of the molecule is Cc1cc(C)c2[nH]ccc2c1CN1CCC2(CC1c1ccc(C(=O)O)cc1)CC(F)(F)C2. The van der Waals surface area contributed by atoms with Crippen LogP contribution in [0.5, 0.6) is 0 Å². The molecule has 1 unspecified atom stereocenters. The first-order chi connectivity index (χ1) is 15.2. The zero-order valence-corrected chi connectivity index (χ0v) is 18.4. The first-order valence-electron chi connectivity index (χ1n) is 11.2. The zero-order chi connectivity index (χ0) is 22.7. The monoisotopic (exact) mass is 438 g/mol. The van der Waals surface area contributed by atoms with Crippen LogP contribution in [0.3, 0.4) is 0 Å². The van der Waals surface area contributed by atoms with E-state index in [-0.39, 0.29) is 29.9 Å². The standard InChI is InChI=1S/C26H28F2N2O2/c1-16-11-17(2)23-20(7-9-29-23)21(16)13-30-10-8-25(14-26(27,28)15-25)12-22(30)18-3-5-19(6-4-18)24(31)32/h3-7,9,11,22,29H,8,10,12-15H2,1-2H3,(H,31,32). The third-order valence-electron chi connectivity index (χ3n) is 7.54. The summed E-state index contributed by atoms with van der Waals surface area (Å²) in [5, 5.41) is 10.5. The number of nitrogens with zero attached hydrogens (tertiary/aromatic N) is 1. The predicted molar refractivity (Wildman–Crippen MR) is 120 cm³/mol. The van der Waals surface area contributed by atoms with Crippen molar-refractivity contribution in [2.24, 2.45) is 5.41 Å². The van der Waals surface area contributed by atoms with E-state index < -0.39 is 11.9 Å². The van der Waals surface area contributed by atoms with Crippen LogP contribution in [0.1, 0.15) is 64.3 Å². The Bertz CT molecular complexity index is 1170. The topological polar surface area (TPSA) is 56.3 Å². The normalized spacial score (nSPS) is 22.2. The molecule has 6 heteroatoms. The lowest BCUT2D eigenvalue weighted by molar-refractivity contribution is -0.186. The number of hydrogen-bond acceptors (Lipinski definition) is 2. The van der Waals surface area contributed by atoms with Gasteiger partial charge in [0.05, 0.1) is 5.56 Å². The molecule has 3 aromatic rings. The van der Waals surface area contributed by atoms with E-state index in [1.807, 2.05) is 18.3 Å². The number of halogens is 2. The van der Waals surface area contributed by atoms with Crippen LogP contribution in [0.15, 0.2) is 42.6 Å². The first-order valence-corrected chi connectivity index (χ1v) is 11.2. The van der Waals surface area contributed by atoms with E-state index in [2.05, 4.69) is 35.9 Å². The number of aryl methyl sites for hydroxylation is 2. The lowest BCUT2D eigenvalue weighted by Crippen LogP contribution is -2.53. The Morgan fingerprint density at radius 2 is 1.88 bits per heavy atom. The van der Waals surface area contributed by atoms with E-state index >= 15 is 0 Å². The van der Waals surface area contributed by atoms with Gasteiger partial charge in [0.25, 0.3) is 0 Å². The number of piperidine rings is 1. The van der Waals surface area contributed by atoms with Gasteiger partial charge >= 0.3 is 5.97 Å². The number of carbonyl (C=O) groups is 1. The van der Waals surface area contributed by atoms with Crippen molar-refractivity contribution in [1.29, 1.82) is 0 Å². The van der Waals surface area contributed by atoms with E-state index in [0.717, 1.165) is 30.6 Å². The lowest BCUT2D eigenvalue weighted by atomic mass is 9.59. The number of likely N-dealkylation sites (tertiary alicyclic amines) is 1. The van der Waals surface area contributed by atoms with Crippen LogP contribution in [0.25, 0.3) is 10.9 Å². The molecule has 1 aliphatic carbocycles. The van der Waals surface area contributed by atoms with Gasteiger partial charge in [-0.2, -0.15) is 0 Å². The lowest BCUT2D eigenvalue weighted by Gasteiger charge is -2.54. The number of hydrogen-bond donors (Lipinski definition) is 2. The molecule has 32 heavy (non-hydrogen) atoms. The summed E-state index contributed by atoms with van der Waals surface area (Å²) in [5.74, 6) is -3.51. The van der Waals surface area contributed by atoms with E-state index in [9.17, 15) is 18.7 Å². The smallest absolute Gasteiger partial charge is 0.335 e. The fourth-order valence-electron chi connectivity index (χ4n) is 5.97. The molecule has 1 aromatic heterocycles. The maximum Gasteiger partial charge on any atom is 0.335 e. The fourth-order valence-corrected chi connectivity index (χ4v) is 5.97. The number of H-pyrrole nitrogens is 1. The summed E-state index contributed by atoms with van der Waals surface area (Å²) in [7, 11) is 0. The molecular formula is C26H28F2N2O2. The van der Waals surface area contributed by atoms with E-state index in [1.54, 1.807) is 12.1 Å². The number of rotatable bonds is 4. The summed E-state index contributed by atoms with van der Waals surface area (Å²) >= 11 is 0. The quantitative estimate of drug-likeness (QED) is 0.507. The van der Waals surface area contributed by atoms with Crippen molar-refractivity contribution in [2.75, 3.05) is 6.54 Å². The number of nitrogens with one attached hydrogen (secondary N) is 1. The van der Waals surface area contributed by atoms with Crippen LogP contribution in [0.4, 0.5) is 8.78 Å². The van der Waals surface area contributed by atoms with Crippen molar-refractivity contribution in [3.63, 3.8) is 0 Å². The maximum atomic E-state index is 13.8. The van der Waals surface area contributed by atoms with Crippen LogP contribution in [0.2, 0.25) is 0 Å². The van der Waals surface area contributed by atoms with Crippen LogP contribution in [-0.4, -0.2) is 33.4 Å². The highest BCUT2D eigenvalue weighted by Gasteiger charge is 2.58. The molecule has 0 radical (unpaired) electrons. The summed E-state index contributed by atoms with van der Waals surface area (Å²) in [6, 6.07) is 11.2. The van der Waals surface area contributed by atoms with Gasteiger partial charge in [0, 0.05) is 42.5 Å². The summed E-state index contributed by atoms with van der Waals surface area (Å²) in [6.07, 6.45) is 3.33. The number of fused-ring (bicyclic) bond motifs is 1. The second-order valence-electron chi connectivity index (χ2n) is 9.83. The third kappa shape index (κ3) is 3.60. The van der Waals surface area contributed by atoms with Crippen molar-refractivity contribution in [3.8, 4) is 0 Å². The Balaban J connectivity index is 1.49. The zero-order valence-electron chi connectivity index (χ0n) is 18.4. The third-order valence-corrected chi connectivity index (χ3v) is 7.54. The van der Waals surface area contributed by atoms with Gasteiger partial charge in [0.2, 0.25) is 5.92 Å².